The minimum absolute atomic E-state index is 0.0943. The van der Waals surface area contributed by atoms with Crippen molar-refractivity contribution in [1.82, 2.24) is 9.21 Å². The highest BCUT2D eigenvalue weighted by molar-refractivity contribution is 7.89. The Morgan fingerprint density at radius 3 is 2.50 bits per heavy atom. The molecule has 7 heteroatoms. The molecule has 0 aromatic heterocycles. The molecule has 0 bridgehead atoms. The average Bonchev–Trinajstić information content (AvgIpc) is 3.08. The third-order valence-electron chi connectivity index (χ3n) is 4.90. The number of sulfonamides is 1. The van der Waals surface area contributed by atoms with E-state index < -0.39 is 16.1 Å². The molecule has 1 amide bonds. The zero-order valence-electron chi connectivity index (χ0n) is 14.2. The van der Waals surface area contributed by atoms with Crippen LogP contribution >= 0.6 is 0 Å². The molecule has 2 fully saturated rings. The van der Waals surface area contributed by atoms with Gasteiger partial charge >= 0.3 is 0 Å². The molecule has 6 nitrogen and oxygen atoms in total. The van der Waals surface area contributed by atoms with Gasteiger partial charge in [0.15, 0.2) is 0 Å². The van der Waals surface area contributed by atoms with Crippen molar-refractivity contribution in [1.29, 1.82) is 0 Å². The van der Waals surface area contributed by atoms with E-state index in [1.165, 1.54) is 4.31 Å². The molecule has 0 saturated carbocycles. The Balaban J connectivity index is 1.85. The number of ether oxygens (including phenoxy) is 1. The molecule has 2 aliphatic heterocycles. The SMILES string of the molecule is Cc1ccc(S(=O)(=O)N2CCC[C@H]2C(=O)N2CCOCC2)cc1C. The van der Waals surface area contributed by atoms with Crippen molar-refractivity contribution in [2.75, 3.05) is 32.8 Å². The highest BCUT2D eigenvalue weighted by Gasteiger charge is 2.41. The Labute approximate surface area is 143 Å². The molecule has 1 atom stereocenters. The minimum Gasteiger partial charge on any atom is -0.378 e. The molecule has 0 N–H and O–H groups in total. The maximum atomic E-state index is 13.0. The first-order valence-electron chi connectivity index (χ1n) is 8.37. The van der Waals surface area contributed by atoms with Gasteiger partial charge in [0.25, 0.3) is 0 Å². The molecule has 2 heterocycles. The fourth-order valence-corrected chi connectivity index (χ4v) is 5.02. The Kier molecular flexibility index (Phi) is 4.94. The summed E-state index contributed by atoms with van der Waals surface area (Å²) in [4.78, 5) is 14.8. The lowest BCUT2D eigenvalue weighted by Gasteiger charge is -2.32. The van der Waals surface area contributed by atoms with E-state index in [4.69, 9.17) is 4.74 Å². The molecule has 1 aromatic rings. The number of morpholine rings is 1. The Morgan fingerprint density at radius 2 is 1.83 bits per heavy atom. The molecule has 2 aliphatic rings. The number of hydrogen-bond acceptors (Lipinski definition) is 4. The molecule has 0 unspecified atom stereocenters. The second kappa shape index (κ2) is 6.82. The van der Waals surface area contributed by atoms with E-state index >= 15 is 0 Å². The van der Waals surface area contributed by atoms with Gasteiger partial charge in [-0.2, -0.15) is 4.31 Å². The average molecular weight is 352 g/mol. The fourth-order valence-electron chi connectivity index (χ4n) is 3.28. The number of aryl methyl sites for hydroxylation is 2. The van der Waals surface area contributed by atoms with E-state index in [1.54, 1.807) is 17.0 Å². The highest BCUT2D eigenvalue weighted by atomic mass is 32.2. The molecule has 0 spiro atoms. The van der Waals surface area contributed by atoms with Crippen molar-refractivity contribution in [2.45, 2.75) is 37.6 Å². The van der Waals surface area contributed by atoms with Crippen molar-refractivity contribution in [3.8, 4) is 0 Å². The quantitative estimate of drug-likeness (QED) is 0.823. The summed E-state index contributed by atoms with van der Waals surface area (Å²) in [7, 11) is -3.66. The summed E-state index contributed by atoms with van der Waals surface area (Å²) in [6, 6.07) is 4.55. The van der Waals surface area contributed by atoms with E-state index in [0.717, 1.165) is 11.1 Å². The number of carbonyl (C=O) groups is 1. The van der Waals surface area contributed by atoms with E-state index in [0.29, 0.717) is 45.7 Å². The van der Waals surface area contributed by atoms with Gasteiger partial charge in [-0.15, -0.1) is 0 Å². The van der Waals surface area contributed by atoms with Crippen molar-refractivity contribution >= 4 is 15.9 Å². The third-order valence-corrected chi connectivity index (χ3v) is 6.80. The molecular weight excluding hydrogens is 328 g/mol. The molecule has 0 radical (unpaired) electrons. The van der Waals surface area contributed by atoms with E-state index in [1.807, 2.05) is 19.9 Å². The van der Waals surface area contributed by atoms with Gasteiger partial charge < -0.3 is 9.64 Å². The first kappa shape index (κ1) is 17.4. The fraction of sp³-hybridized carbons (Fsp3) is 0.588. The van der Waals surface area contributed by atoms with Crippen molar-refractivity contribution < 1.29 is 17.9 Å². The lowest BCUT2D eigenvalue weighted by Crippen LogP contribution is -2.50. The minimum atomic E-state index is -3.66. The number of benzene rings is 1. The van der Waals surface area contributed by atoms with Crippen LogP contribution in [0.25, 0.3) is 0 Å². The van der Waals surface area contributed by atoms with Gasteiger partial charge in [0, 0.05) is 19.6 Å². The van der Waals surface area contributed by atoms with Gasteiger partial charge in [-0.05, 0) is 49.9 Å². The monoisotopic (exact) mass is 352 g/mol. The van der Waals surface area contributed by atoms with E-state index in [-0.39, 0.29) is 10.8 Å². The number of hydrogen-bond donors (Lipinski definition) is 0. The van der Waals surface area contributed by atoms with Crippen LogP contribution in [0.4, 0.5) is 0 Å². The normalized spacial score (nSPS) is 22.8. The van der Waals surface area contributed by atoms with Crippen LogP contribution in [0.2, 0.25) is 0 Å². The van der Waals surface area contributed by atoms with Crippen molar-refractivity contribution in [3.63, 3.8) is 0 Å². The highest BCUT2D eigenvalue weighted by Crippen LogP contribution is 2.28. The molecule has 1 aromatic carbocycles. The zero-order valence-corrected chi connectivity index (χ0v) is 15.0. The topological polar surface area (TPSA) is 66.9 Å². The first-order chi connectivity index (χ1) is 11.4. The largest absolute Gasteiger partial charge is 0.378 e. The molecule has 3 rings (SSSR count). The van der Waals surface area contributed by atoms with Crippen LogP contribution < -0.4 is 0 Å². The van der Waals surface area contributed by atoms with Crippen LogP contribution in [0.5, 0.6) is 0 Å². The van der Waals surface area contributed by atoms with Crippen LogP contribution in [0.15, 0.2) is 23.1 Å². The van der Waals surface area contributed by atoms with E-state index in [2.05, 4.69) is 0 Å². The molecule has 24 heavy (non-hydrogen) atoms. The second-order valence-electron chi connectivity index (χ2n) is 6.46. The number of carbonyl (C=O) groups excluding carboxylic acids is 1. The summed E-state index contributed by atoms with van der Waals surface area (Å²) in [5.74, 6) is -0.0943. The molecular formula is C17H24N2O4S. The molecule has 132 valence electrons. The second-order valence-corrected chi connectivity index (χ2v) is 8.35. The predicted molar refractivity (Wildman–Crippen MR) is 90.2 cm³/mol. The Bertz CT molecular complexity index is 726. The van der Waals surface area contributed by atoms with Gasteiger partial charge in [-0.1, -0.05) is 6.07 Å². The molecule has 2 saturated heterocycles. The summed E-state index contributed by atoms with van der Waals surface area (Å²) >= 11 is 0. The van der Waals surface area contributed by atoms with Crippen LogP contribution in [-0.4, -0.2) is 62.4 Å². The van der Waals surface area contributed by atoms with Crippen LogP contribution in [0.1, 0.15) is 24.0 Å². The summed E-state index contributed by atoms with van der Waals surface area (Å²) in [6.07, 6.45) is 1.30. The van der Waals surface area contributed by atoms with Gasteiger partial charge in [-0.25, -0.2) is 8.42 Å². The van der Waals surface area contributed by atoms with E-state index in [9.17, 15) is 13.2 Å². The van der Waals surface area contributed by atoms with Gasteiger partial charge in [0.2, 0.25) is 15.9 Å². The summed E-state index contributed by atoms with van der Waals surface area (Å²) in [5.41, 5.74) is 1.99. The van der Waals surface area contributed by atoms with Crippen molar-refractivity contribution in [3.05, 3.63) is 29.3 Å². The Morgan fingerprint density at radius 1 is 1.12 bits per heavy atom. The van der Waals surface area contributed by atoms with Crippen LogP contribution in [0, 0.1) is 13.8 Å². The smallest absolute Gasteiger partial charge is 0.243 e. The zero-order chi connectivity index (χ0) is 17.3. The number of nitrogens with zero attached hydrogens (tertiary/aromatic N) is 2. The lowest BCUT2D eigenvalue weighted by atomic mass is 10.1. The summed E-state index contributed by atoms with van der Waals surface area (Å²) in [5, 5.41) is 0. The van der Waals surface area contributed by atoms with Gasteiger partial charge in [0.05, 0.1) is 18.1 Å². The predicted octanol–water partition coefficient (Wildman–Crippen LogP) is 1.32. The van der Waals surface area contributed by atoms with Crippen LogP contribution in [-0.2, 0) is 19.6 Å². The van der Waals surface area contributed by atoms with Gasteiger partial charge in [-0.3, -0.25) is 4.79 Å². The Hall–Kier alpha value is -1.44. The van der Waals surface area contributed by atoms with Crippen molar-refractivity contribution in [2.24, 2.45) is 0 Å². The maximum absolute atomic E-state index is 13.0. The van der Waals surface area contributed by atoms with Crippen LogP contribution in [0.3, 0.4) is 0 Å². The molecule has 0 aliphatic carbocycles. The maximum Gasteiger partial charge on any atom is 0.243 e. The summed E-state index contributed by atoms with van der Waals surface area (Å²) in [6.45, 7) is 6.35. The standard InChI is InChI=1S/C17H24N2O4S/c1-13-5-6-15(12-14(13)2)24(21,22)19-7-3-4-16(19)17(20)18-8-10-23-11-9-18/h5-6,12,16H,3-4,7-11H2,1-2H3/t16-/m0/s1. The lowest BCUT2D eigenvalue weighted by molar-refractivity contribution is -0.138. The number of rotatable bonds is 3. The number of amides is 1. The summed E-state index contributed by atoms with van der Waals surface area (Å²) < 4.78 is 32.7. The third kappa shape index (κ3) is 3.20. The van der Waals surface area contributed by atoms with Gasteiger partial charge in [0.1, 0.15) is 6.04 Å². The first-order valence-corrected chi connectivity index (χ1v) is 9.81.